The van der Waals surface area contributed by atoms with Crippen LogP contribution in [0.4, 0.5) is 0 Å². The van der Waals surface area contributed by atoms with Crippen LogP contribution in [0.2, 0.25) is 0 Å². The molecular formula is C20H21NO3. The van der Waals surface area contributed by atoms with Gasteiger partial charge in [-0.2, -0.15) is 0 Å². The Bertz CT molecular complexity index is 770. The molecule has 1 N–H and O–H groups in total. The lowest BCUT2D eigenvalue weighted by Crippen LogP contribution is -2.30. The maximum atomic E-state index is 12.9. The van der Waals surface area contributed by atoms with Gasteiger partial charge in [0.15, 0.2) is 0 Å². The first-order chi connectivity index (χ1) is 11.5. The van der Waals surface area contributed by atoms with Gasteiger partial charge in [0.25, 0.3) is 5.91 Å². The zero-order valence-electron chi connectivity index (χ0n) is 13.9. The molecule has 0 aliphatic carbocycles. The summed E-state index contributed by atoms with van der Waals surface area (Å²) in [6.07, 6.45) is 0. The van der Waals surface area contributed by atoms with Crippen LogP contribution in [0.5, 0.6) is 0 Å². The van der Waals surface area contributed by atoms with Crippen molar-refractivity contribution in [2.75, 3.05) is 13.1 Å². The van der Waals surface area contributed by atoms with Crippen LogP contribution in [0.25, 0.3) is 0 Å². The first kappa shape index (κ1) is 16.2. The molecular weight excluding hydrogens is 302 g/mol. The molecule has 0 bridgehead atoms. The molecule has 1 saturated heterocycles. The van der Waals surface area contributed by atoms with Crippen molar-refractivity contribution in [1.82, 2.24) is 4.90 Å². The van der Waals surface area contributed by atoms with E-state index in [4.69, 9.17) is 0 Å². The molecule has 124 valence electrons. The highest BCUT2D eigenvalue weighted by molar-refractivity contribution is 5.96. The van der Waals surface area contributed by atoms with Crippen LogP contribution in [0.1, 0.15) is 33.0 Å². The number of aliphatic carboxylic acids is 1. The van der Waals surface area contributed by atoms with Crippen LogP contribution in [-0.2, 0) is 4.79 Å². The lowest BCUT2D eigenvalue weighted by molar-refractivity contribution is -0.141. The maximum absolute atomic E-state index is 12.9. The monoisotopic (exact) mass is 323 g/mol. The van der Waals surface area contributed by atoms with Crippen molar-refractivity contribution >= 4 is 11.9 Å². The van der Waals surface area contributed by atoms with Crippen molar-refractivity contribution < 1.29 is 14.7 Å². The fourth-order valence-electron chi connectivity index (χ4n) is 3.39. The number of carbonyl (C=O) groups is 2. The van der Waals surface area contributed by atoms with Gasteiger partial charge in [-0.1, -0.05) is 48.0 Å². The number of carbonyl (C=O) groups excluding carboxylic acids is 1. The van der Waals surface area contributed by atoms with Gasteiger partial charge in [0.05, 0.1) is 5.92 Å². The summed E-state index contributed by atoms with van der Waals surface area (Å²) in [6.45, 7) is 4.55. The number of aryl methyl sites for hydroxylation is 2. The fraction of sp³-hybridized carbons (Fsp3) is 0.300. The van der Waals surface area contributed by atoms with Crippen LogP contribution in [0.15, 0.2) is 48.5 Å². The summed E-state index contributed by atoms with van der Waals surface area (Å²) >= 11 is 0. The average Bonchev–Trinajstić information content (AvgIpc) is 3.03. The highest BCUT2D eigenvalue weighted by Crippen LogP contribution is 2.34. The second-order valence-electron chi connectivity index (χ2n) is 6.49. The van der Waals surface area contributed by atoms with Crippen molar-refractivity contribution in [3.05, 3.63) is 70.8 Å². The number of nitrogens with zero attached hydrogens (tertiary/aromatic N) is 1. The Morgan fingerprint density at radius 3 is 2.42 bits per heavy atom. The molecule has 0 aromatic heterocycles. The topological polar surface area (TPSA) is 57.6 Å². The fourth-order valence-corrected chi connectivity index (χ4v) is 3.39. The zero-order chi connectivity index (χ0) is 17.3. The summed E-state index contributed by atoms with van der Waals surface area (Å²) < 4.78 is 0. The summed E-state index contributed by atoms with van der Waals surface area (Å²) in [4.78, 5) is 26.2. The molecule has 4 heteroatoms. The van der Waals surface area contributed by atoms with Crippen molar-refractivity contribution in [3.63, 3.8) is 0 Å². The third-order valence-electron chi connectivity index (χ3n) is 4.78. The summed E-state index contributed by atoms with van der Waals surface area (Å²) in [5.74, 6) is -1.67. The number of carboxylic acid groups (broad SMARTS) is 1. The van der Waals surface area contributed by atoms with Gasteiger partial charge in [0, 0.05) is 24.6 Å². The Morgan fingerprint density at radius 1 is 1.04 bits per heavy atom. The van der Waals surface area contributed by atoms with Crippen molar-refractivity contribution in [3.8, 4) is 0 Å². The number of likely N-dealkylation sites (tertiary alicyclic amines) is 1. The van der Waals surface area contributed by atoms with E-state index in [1.165, 1.54) is 0 Å². The van der Waals surface area contributed by atoms with E-state index in [1.54, 1.807) is 4.90 Å². The normalized spacial score (nSPS) is 20.2. The first-order valence-electron chi connectivity index (χ1n) is 8.11. The van der Waals surface area contributed by atoms with Crippen LogP contribution in [0.3, 0.4) is 0 Å². The van der Waals surface area contributed by atoms with Gasteiger partial charge in [0.1, 0.15) is 0 Å². The standard InChI is InChI=1S/C20H21NO3/c1-13-8-9-14(2)16(10-13)19(22)21-11-17(18(12-21)20(23)24)15-6-4-3-5-7-15/h3-10,17-18H,11-12H2,1-2H3,(H,23,24). The summed E-state index contributed by atoms with van der Waals surface area (Å²) in [5, 5.41) is 9.58. The third-order valence-corrected chi connectivity index (χ3v) is 4.78. The largest absolute Gasteiger partial charge is 0.481 e. The summed E-state index contributed by atoms with van der Waals surface area (Å²) in [7, 11) is 0. The van der Waals surface area contributed by atoms with E-state index in [0.717, 1.165) is 16.7 Å². The predicted molar refractivity (Wildman–Crippen MR) is 92.1 cm³/mol. The Kier molecular flexibility index (Phi) is 4.38. The molecule has 24 heavy (non-hydrogen) atoms. The van der Waals surface area contributed by atoms with Crippen molar-refractivity contribution in [1.29, 1.82) is 0 Å². The number of hydrogen-bond donors (Lipinski definition) is 1. The van der Waals surface area contributed by atoms with Crippen molar-refractivity contribution in [2.24, 2.45) is 5.92 Å². The second kappa shape index (κ2) is 6.48. The second-order valence-corrected chi connectivity index (χ2v) is 6.49. The predicted octanol–water partition coefficient (Wildman–Crippen LogP) is 3.24. The molecule has 0 spiro atoms. The maximum Gasteiger partial charge on any atom is 0.308 e. The average molecular weight is 323 g/mol. The lowest BCUT2D eigenvalue weighted by Gasteiger charge is -2.18. The Balaban J connectivity index is 1.89. The molecule has 0 saturated carbocycles. The number of carboxylic acids is 1. The van der Waals surface area contributed by atoms with Crippen molar-refractivity contribution in [2.45, 2.75) is 19.8 Å². The summed E-state index contributed by atoms with van der Waals surface area (Å²) in [6, 6.07) is 15.4. The van der Waals surface area contributed by atoms with Gasteiger partial charge >= 0.3 is 5.97 Å². The number of benzene rings is 2. The third kappa shape index (κ3) is 3.04. The molecule has 2 atom stereocenters. The van der Waals surface area contributed by atoms with Crippen LogP contribution in [0, 0.1) is 19.8 Å². The van der Waals surface area contributed by atoms with Gasteiger partial charge < -0.3 is 10.0 Å². The molecule has 1 fully saturated rings. The molecule has 2 unspecified atom stereocenters. The first-order valence-corrected chi connectivity index (χ1v) is 8.11. The Morgan fingerprint density at radius 2 is 1.75 bits per heavy atom. The quantitative estimate of drug-likeness (QED) is 0.943. The highest BCUT2D eigenvalue weighted by atomic mass is 16.4. The van der Waals surface area contributed by atoms with Crippen LogP contribution < -0.4 is 0 Å². The molecule has 1 amide bonds. The smallest absolute Gasteiger partial charge is 0.308 e. The van der Waals surface area contributed by atoms with Gasteiger partial charge in [-0.3, -0.25) is 9.59 Å². The van der Waals surface area contributed by atoms with E-state index >= 15 is 0 Å². The van der Waals surface area contributed by atoms with Gasteiger partial charge in [-0.25, -0.2) is 0 Å². The Hall–Kier alpha value is -2.62. The number of amides is 1. The number of hydrogen-bond acceptors (Lipinski definition) is 2. The van der Waals surface area contributed by atoms with E-state index in [9.17, 15) is 14.7 Å². The van der Waals surface area contributed by atoms with Gasteiger partial charge in [0.2, 0.25) is 0 Å². The minimum absolute atomic E-state index is 0.0825. The molecule has 1 aliphatic heterocycles. The van der Waals surface area contributed by atoms with E-state index in [1.807, 2.05) is 62.4 Å². The number of rotatable bonds is 3. The van der Waals surface area contributed by atoms with Crippen LogP contribution in [-0.4, -0.2) is 35.0 Å². The minimum Gasteiger partial charge on any atom is -0.481 e. The molecule has 2 aromatic rings. The SMILES string of the molecule is Cc1ccc(C)c(C(=O)N2CC(C(=O)O)C(c3ccccc3)C2)c1. The van der Waals surface area contributed by atoms with Gasteiger partial charge in [-0.15, -0.1) is 0 Å². The molecule has 4 nitrogen and oxygen atoms in total. The van der Waals surface area contributed by atoms with E-state index in [0.29, 0.717) is 12.1 Å². The molecule has 1 aliphatic rings. The zero-order valence-corrected chi connectivity index (χ0v) is 13.9. The Labute approximate surface area is 141 Å². The van der Waals surface area contributed by atoms with Crippen LogP contribution >= 0.6 is 0 Å². The van der Waals surface area contributed by atoms with E-state index in [2.05, 4.69) is 0 Å². The summed E-state index contributed by atoms with van der Waals surface area (Å²) in [5.41, 5.74) is 3.58. The lowest BCUT2D eigenvalue weighted by atomic mass is 9.89. The molecule has 1 heterocycles. The minimum atomic E-state index is -0.847. The highest BCUT2D eigenvalue weighted by Gasteiger charge is 2.40. The van der Waals surface area contributed by atoms with E-state index < -0.39 is 11.9 Å². The molecule has 2 aromatic carbocycles. The molecule has 0 radical (unpaired) electrons. The van der Waals surface area contributed by atoms with Gasteiger partial charge in [-0.05, 0) is 31.0 Å². The van der Waals surface area contributed by atoms with E-state index in [-0.39, 0.29) is 18.4 Å². The molecule has 3 rings (SSSR count).